The number of nitrogens with one attached hydrogen (secondary N) is 1. The van der Waals surface area contributed by atoms with Crippen molar-refractivity contribution >= 4 is 55.4 Å². The Morgan fingerprint density at radius 2 is 1.86 bits per heavy atom. The van der Waals surface area contributed by atoms with Gasteiger partial charge in [-0.15, -0.1) is 0 Å². The number of anilines is 1. The predicted octanol–water partition coefficient (Wildman–Crippen LogP) is 4.91. The Morgan fingerprint density at radius 1 is 1.17 bits per heavy atom. The first-order valence-electron chi connectivity index (χ1n) is 10.7. The molecule has 0 atom stereocenters. The molecule has 11 heteroatoms. The van der Waals surface area contributed by atoms with Crippen LogP contribution >= 0.6 is 27.5 Å². The summed E-state index contributed by atoms with van der Waals surface area (Å²) < 4.78 is 37.4. The zero-order valence-corrected chi connectivity index (χ0v) is 23.0. The number of hydrogen-bond acceptors (Lipinski definition) is 6. The minimum atomic E-state index is -3.68. The summed E-state index contributed by atoms with van der Waals surface area (Å²) in [4.78, 5) is 12.4. The number of ether oxygens (including phenoxy) is 2. The molecule has 3 rings (SSSR count). The van der Waals surface area contributed by atoms with Crippen molar-refractivity contribution in [3.63, 3.8) is 0 Å². The highest BCUT2D eigenvalue weighted by molar-refractivity contribution is 9.10. The van der Waals surface area contributed by atoms with Gasteiger partial charge in [-0.3, -0.25) is 9.10 Å². The van der Waals surface area contributed by atoms with Crippen molar-refractivity contribution in [3.8, 4) is 11.5 Å². The molecule has 0 bridgehead atoms. The van der Waals surface area contributed by atoms with E-state index in [1.165, 1.54) is 13.3 Å². The molecule has 36 heavy (non-hydrogen) atoms. The van der Waals surface area contributed by atoms with E-state index in [1.54, 1.807) is 42.5 Å². The van der Waals surface area contributed by atoms with Gasteiger partial charge in [-0.2, -0.15) is 5.10 Å². The summed E-state index contributed by atoms with van der Waals surface area (Å²) in [5.41, 5.74) is 5.17. The molecule has 0 saturated carbocycles. The topological polar surface area (TPSA) is 97.3 Å². The number of nitrogens with zero attached hydrogens (tertiary/aromatic N) is 2. The third-order valence-electron chi connectivity index (χ3n) is 4.99. The van der Waals surface area contributed by atoms with Crippen molar-refractivity contribution in [1.82, 2.24) is 5.43 Å². The van der Waals surface area contributed by atoms with E-state index in [0.717, 1.165) is 21.7 Å². The van der Waals surface area contributed by atoms with E-state index >= 15 is 0 Å². The van der Waals surface area contributed by atoms with Crippen LogP contribution in [0.1, 0.15) is 16.7 Å². The first-order chi connectivity index (χ1) is 17.1. The molecule has 0 spiro atoms. The molecule has 1 amide bonds. The number of aryl methyl sites for hydroxylation is 1. The molecule has 190 valence electrons. The van der Waals surface area contributed by atoms with E-state index in [1.807, 2.05) is 25.1 Å². The Labute approximate surface area is 224 Å². The number of amides is 1. The average Bonchev–Trinajstić information content (AvgIpc) is 2.82. The fourth-order valence-electron chi connectivity index (χ4n) is 3.18. The lowest BCUT2D eigenvalue weighted by molar-refractivity contribution is -0.119. The number of hydrogen-bond donors (Lipinski definition) is 1. The van der Waals surface area contributed by atoms with Crippen LogP contribution in [0.5, 0.6) is 11.5 Å². The molecule has 0 heterocycles. The quantitative estimate of drug-likeness (QED) is 0.266. The maximum atomic E-state index is 12.4. The normalized spacial score (nSPS) is 11.4. The molecule has 3 aromatic rings. The largest absolute Gasteiger partial charge is 0.493 e. The Hall–Kier alpha value is -3.08. The van der Waals surface area contributed by atoms with Gasteiger partial charge >= 0.3 is 0 Å². The number of rotatable bonds is 10. The van der Waals surface area contributed by atoms with Gasteiger partial charge in [0, 0.05) is 10.6 Å². The molecule has 0 fully saturated rings. The Morgan fingerprint density at radius 3 is 2.50 bits per heavy atom. The lowest BCUT2D eigenvalue weighted by atomic mass is 10.2. The van der Waals surface area contributed by atoms with Gasteiger partial charge in [0.05, 0.1) is 29.7 Å². The van der Waals surface area contributed by atoms with Crippen molar-refractivity contribution in [2.45, 2.75) is 13.5 Å². The third-order valence-corrected chi connectivity index (χ3v) is 7.09. The zero-order chi connectivity index (χ0) is 26.3. The van der Waals surface area contributed by atoms with Crippen LogP contribution in [0.4, 0.5) is 5.69 Å². The second-order valence-corrected chi connectivity index (χ2v) is 11.0. The van der Waals surface area contributed by atoms with Crippen LogP contribution in [0.3, 0.4) is 0 Å². The van der Waals surface area contributed by atoms with Gasteiger partial charge in [0.1, 0.15) is 13.2 Å². The van der Waals surface area contributed by atoms with Crippen molar-refractivity contribution < 1.29 is 22.7 Å². The average molecular weight is 595 g/mol. The number of hydrazone groups is 1. The Balaban J connectivity index is 1.68. The van der Waals surface area contributed by atoms with Crippen LogP contribution in [-0.2, 0) is 21.4 Å². The maximum Gasteiger partial charge on any atom is 0.260 e. The molecule has 0 aliphatic rings. The van der Waals surface area contributed by atoms with Gasteiger partial charge in [-0.1, -0.05) is 47.5 Å². The van der Waals surface area contributed by atoms with Crippen LogP contribution in [0.2, 0.25) is 5.02 Å². The van der Waals surface area contributed by atoms with E-state index < -0.39 is 22.5 Å². The number of benzene rings is 3. The summed E-state index contributed by atoms with van der Waals surface area (Å²) in [6.45, 7) is 1.72. The highest BCUT2D eigenvalue weighted by Gasteiger charge is 2.20. The minimum absolute atomic E-state index is 0.246. The van der Waals surface area contributed by atoms with Gasteiger partial charge in [0.2, 0.25) is 10.0 Å². The highest BCUT2D eigenvalue weighted by atomic mass is 79.9. The van der Waals surface area contributed by atoms with Crippen molar-refractivity contribution in [3.05, 3.63) is 86.8 Å². The lowest BCUT2D eigenvalue weighted by Crippen LogP contribution is -2.39. The molecule has 0 saturated heterocycles. The second-order valence-electron chi connectivity index (χ2n) is 7.81. The standard InChI is InChI=1S/C25H25BrClN3O5S/c1-17-8-10-20(11-9-17)30(36(3,32)33)15-24(31)29-28-14-18-12-21(26)25(23(13-18)34-2)35-16-19-6-4-5-7-22(19)27/h4-14H,15-16H2,1-3H3,(H,29,31)/b28-14-. The van der Waals surface area contributed by atoms with Gasteiger partial charge in [0.25, 0.3) is 5.91 Å². The molecular formula is C25H25BrClN3O5S. The Bertz CT molecular complexity index is 1360. The molecule has 0 radical (unpaired) electrons. The first-order valence-corrected chi connectivity index (χ1v) is 13.7. The van der Waals surface area contributed by atoms with Gasteiger partial charge in [-0.25, -0.2) is 13.8 Å². The highest BCUT2D eigenvalue weighted by Crippen LogP contribution is 2.37. The molecule has 0 unspecified atom stereocenters. The molecule has 8 nitrogen and oxygen atoms in total. The smallest absolute Gasteiger partial charge is 0.260 e. The fraction of sp³-hybridized carbons (Fsp3) is 0.200. The summed E-state index contributed by atoms with van der Waals surface area (Å²) in [6, 6.07) is 17.7. The molecular weight excluding hydrogens is 570 g/mol. The minimum Gasteiger partial charge on any atom is -0.493 e. The van der Waals surface area contributed by atoms with Gasteiger partial charge in [-0.05, 0) is 58.7 Å². The predicted molar refractivity (Wildman–Crippen MR) is 146 cm³/mol. The monoisotopic (exact) mass is 593 g/mol. The SMILES string of the molecule is COc1cc(/C=N\NC(=O)CN(c2ccc(C)cc2)S(C)(=O)=O)cc(Br)c1OCc1ccccc1Cl. The summed E-state index contributed by atoms with van der Waals surface area (Å²) in [7, 11) is -2.16. The van der Waals surface area contributed by atoms with E-state index in [2.05, 4.69) is 26.5 Å². The molecule has 0 aliphatic heterocycles. The number of sulfonamides is 1. The maximum absolute atomic E-state index is 12.4. The fourth-order valence-corrected chi connectivity index (χ4v) is 4.80. The summed E-state index contributed by atoms with van der Waals surface area (Å²) in [5, 5.41) is 4.56. The van der Waals surface area contributed by atoms with Crippen molar-refractivity contribution in [2.75, 3.05) is 24.2 Å². The molecule has 1 N–H and O–H groups in total. The molecule has 3 aromatic carbocycles. The van der Waals surface area contributed by atoms with Crippen LogP contribution in [-0.4, -0.2) is 40.4 Å². The first kappa shape index (κ1) is 27.5. The summed E-state index contributed by atoms with van der Waals surface area (Å²) >= 11 is 9.67. The number of carbonyl (C=O) groups excluding carboxylic acids is 1. The van der Waals surface area contributed by atoms with E-state index in [9.17, 15) is 13.2 Å². The van der Waals surface area contributed by atoms with Crippen LogP contribution in [0.25, 0.3) is 0 Å². The lowest BCUT2D eigenvalue weighted by Gasteiger charge is -2.21. The summed E-state index contributed by atoms with van der Waals surface area (Å²) in [6.07, 6.45) is 2.46. The van der Waals surface area contributed by atoms with Gasteiger partial charge in [0.15, 0.2) is 11.5 Å². The van der Waals surface area contributed by atoms with Crippen LogP contribution in [0.15, 0.2) is 70.2 Å². The van der Waals surface area contributed by atoms with Crippen LogP contribution < -0.4 is 19.2 Å². The summed E-state index contributed by atoms with van der Waals surface area (Å²) in [5.74, 6) is 0.343. The number of methoxy groups -OCH3 is 1. The van der Waals surface area contributed by atoms with E-state index in [-0.39, 0.29) is 6.61 Å². The number of halogens is 2. The molecule has 0 aromatic heterocycles. The zero-order valence-electron chi connectivity index (χ0n) is 19.9. The Kier molecular flexibility index (Phi) is 9.36. The van der Waals surface area contributed by atoms with Crippen molar-refractivity contribution in [1.29, 1.82) is 0 Å². The van der Waals surface area contributed by atoms with Gasteiger partial charge < -0.3 is 9.47 Å². The van der Waals surface area contributed by atoms with E-state index in [4.69, 9.17) is 21.1 Å². The second kappa shape index (κ2) is 12.2. The van der Waals surface area contributed by atoms with Crippen LogP contribution in [0, 0.1) is 6.92 Å². The third kappa shape index (κ3) is 7.46. The number of carbonyl (C=O) groups is 1. The van der Waals surface area contributed by atoms with Crippen molar-refractivity contribution in [2.24, 2.45) is 5.10 Å². The molecule has 0 aliphatic carbocycles. The van der Waals surface area contributed by atoms with E-state index in [0.29, 0.717) is 32.2 Å².